The Morgan fingerprint density at radius 2 is 1.40 bits per heavy atom. The third-order valence-corrected chi connectivity index (χ3v) is 4.65. The lowest BCUT2D eigenvalue weighted by Gasteiger charge is -2.16. The molecule has 0 saturated heterocycles. The number of nitrogens with zero attached hydrogens (tertiary/aromatic N) is 2. The van der Waals surface area contributed by atoms with Crippen molar-refractivity contribution in [1.29, 1.82) is 0 Å². The van der Waals surface area contributed by atoms with Crippen LogP contribution in [0.15, 0.2) is 48.5 Å². The number of hydrogen-bond donors (Lipinski definition) is 0. The minimum absolute atomic E-state index is 0.155. The number of fused-ring (bicyclic) bond motifs is 2. The molecule has 0 radical (unpaired) electrons. The second-order valence-electron chi connectivity index (χ2n) is 6.00. The summed E-state index contributed by atoms with van der Waals surface area (Å²) in [5.74, 6) is -0.347. The molecule has 2 aromatic carbocycles. The normalized spacial score (nSPS) is 18.8. The van der Waals surface area contributed by atoms with Gasteiger partial charge in [0.25, 0.3) is 11.8 Å². The molecule has 126 valence electrons. The zero-order chi connectivity index (χ0) is 17.6. The first kappa shape index (κ1) is 15.6. The van der Waals surface area contributed by atoms with Crippen LogP contribution in [0.2, 0.25) is 0 Å². The molecule has 25 heavy (non-hydrogen) atoms. The number of benzene rings is 2. The Morgan fingerprint density at radius 3 is 2.08 bits per heavy atom. The molecule has 5 heteroatoms. The number of para-hydroxylation sites is 2. The van der Waals surface area contributed by atoms with Crippen LogP contribution < -0.4 is 9.80 Å². The van der Waals surface area contributed by atoms with Crippen LogP contribution >= 0.6 is 0 Å². The van der Waals surface area contributed by atoms with Crippen molar-refractivity contribution in [2.24, 2.45) is 0 Å². The van der Waals surface area contributed by atoms with Gasteiger partial charge in [-0.1, -0.05) is 36.4 Å². The fraction of sp³-hybridized carbons (Fsp3) is 0.200. The fourth-order valence-electron chi connectivity index (χ4n) is 3.44. The number of amides is 2. The minimum atomic E-state index is -0.192. The molecule has 0 bridgehead atoms. The Kier molecular flexibility index (Phi) is 3.66. The van der Waals surface area contributed by atoms with Gasteiger partial charge in [-0.05, 0) is 19.1 Å². The van der Waals surface area contributed by atoms with Crippen LogP contribution in [0.25, 0.3) is 11.1 Å². The van der Waals surface area contributed by atoms with Crippen LogP contribution in [-0.4, -0.2) is 32.2 Å². The van der Waals surface area contributed by atoms with Crippen molar-refractivity contribution in [1.82, 2.24) is 0 Å². The van der Waals surface area contributed by atoms with Gasteiger partial charge in [-0.3, -0.25) is 14.5 Å². The highest BCUT2D eigenvalue weighted by atomic mass is 16.5. The number of carbonyl (C=O) groups excluding carboxylic acids is 2. The molecule has 2 heterocycles. The summed E-state index contributed by atoms with van der Waals surface area (Å²) in [4.78, 5) is 29.2. The highest BCUT2D eigenvalue weighted by Crippen LogP contribution is 2.45. The molecular weight excluding hydrogens is 316 g/mol. The molecule has 0 atom stereocenters. The van der Waals surface area contributed by atoms with Gasteiger partial charge in [0.05, 0.1) is 22.5 Å². The zero-order valence-electron chi connectivity index (χ0n) is 14.2. The van der Waals surface area contributed by atoms with E-state index in [1.54, 1.807) is 16.8 Å². The van der Waals surface area contributed by atoms with Crippen molar-refractivity contribution >= 4 is 34.3 Å². The summed E-state index contributed by atoms with van der Waals surface area (Å²) in [5.41, 5.74) is 4.10. The lowest BCUT2D eigenvalue weighted by atomic mass is 9.96. The highest BCUT2D eigenvalue weighted by molar-refractivity contribution is 6.49. The van der Waals surface area contributed by atoms with Gasteiger partial charge in [0.15, 0.2) is 0 Å². The minimum Gasteiger partial charge on any atom is -0.361 e. The van der Waals surface area contributed by atoms with Crippen LogP contribution in [0.4, 0.5) is 11.4 Å². The van der Waals surface area contributed by atoms with Gasteiger partial charge in [0.1, 0.15) is 6.73 Å². The standard InChI is InChI=1S/C20H18N2O3/c1-3-25-12-22-16-11-7-5-9-14(16)18(20(22)24)17-13-8-4-6-10-15(13)21(2)19(17)23/h4-11H,3,12H2,1-2H3/b18-17+. The summed E-state index contributed by atoms with van der Waals surface area (Å²) < 4.78 is 5.46. The first-order valence-corrected chi connectivity index (χ1v) is 8.26. The maximum absolute atomic E-state index is 13.1. The third-order valence-electron chi connectivity index (χ3n) is 4.65. The lowest BCUT2D eigenvalue weighted by molar-refractivity contribution is -0.115. The molecule has 2 aromatic rings. The molecule has 2 aliphatic heterocycles. The number of hydrogen-bond acceptors (Lipinski definition) is 3. The molecule has 0 fully saturated rings. The quantitative estimate of drug-likeness (QED) is 0.811. The monoisotopic (exact) mass is 334 g/mol. The molecule has 0 aliphatic carbocycles. The average Bonchev–Trinajstić information content (AvgIpc) is 3.05. The van der Waals surface area contributed by atoms with E-state index < -0.39 is 0 Å². The first-order valence-electron chi connectivity index (χ1n) is 8.26. The van der Waals surface area contributed by atoms with Crippen molar-refractivity contribution in [3.8, 4) is 0 Å². The van der Waals surface area contributed by atoms with Gasteiger partial charge in [0, 0.05) is 24.8 Å². The molecule has 2 amide bonds. The number of likely N-dealkylation sites (N-methyl/N-ethyl adjacent to an activating group) is 1. The van der Waals surface area contributed by atoms with E-state index in [0.717, 1.165) is 22.5 Å². The fourth-order valence-corrected chi connectivity index (χ4v) is 3.44. The molecule has 0 unspecified atom stereocenters. The number of ether oxygens (including phenoxy) is 1. The summed E-state index contributed by atoms with van der Waals surface area (Å²) in [7, 11) is 1.73. The number of rotatable bonds is 3. The van der Waals surface area contributed by atoms with Crippen LogP contribution in [0.3, 0.4) is 0 Å². The average molecular weight is 334 g/mol. The van der Waals surface area contributed by atoms with E-state index in [4.69, 9.17) is 4.74 Å². The first-order chi connectivity index (χ1) is 12.1. The molecular formula is C20H18N2O3. The van der Waals surface area contributed by atoms with E-state index in [2.05, 4.69) is 0 Å². The van der Waals surface area contributed by atoms with Gasteiger partial charge in [-0.25, -0.2) is 0 Å². The molecule has 2 aliphatic rings. The van der Waals surface area contributed by atoms with Gasteiger partial charge in [0.2, 0.25) is 0 Å². The molecule has 0 saturated carbocycles. The van der Waals surface area contributed by atoms with E-state index in [0.29, 0.717) is 17.8 Å². The summed E-state index contributed by atoms with van der Waals surface area (Å²) in [6.07, 6.45) is 0. The molecule has 4 rings (SSSR count). The van der Waals surface area contributed by atoms with Crippen molar-refractivity contribution in [2.75, 3.05) is 30.2 Å². The van der Waals surface area contributed by atoms with Crippen LogP contribution in [0.5, 0.6) is 0 Å². The van der Waals surface area contributed by atoms with Crippen LogP contribution in [0.1, 0.15) is 18.1 Å². The van der Waals surface area contributed by atoms with Gasteiger partial charge < -0.3 is 9.64 Å². The van der Waals surface area contributed by atoms with Crippen molar-refractivity contribution in [2.45, 2.75) is 6.92 Å². The Hall–Kier alpha value is -2.92. The molecule has 0 aromatic heterocycles. The smallest absolute Gasteiger partial charge is 0.261 e. The van der Waals surface area contributed by atoms with Crippen molar-refractivity contribution < 1.29 is 14.3 Å². The lowest BCUT2D eigenvalue weighted by Crippen LogP contribution is -2.30. The topological polar surface area (TPSA) is 49.9 Å². The van der Waals surface area contributed by atoms with Gasteiger partial charge in [-0.2, -0.15) is 0 Å². The Morgan fingerprint density at radius 1 is 0.840 bits per heavy atom. The SMILES string of the molecule is CCOCN1C(=O)/C(=C2/C(=O)N(C)c3ccccc32)c2ccccc21. The molecule has 5 nitrogen and oxygen atoms in total. The van der Waals surface area contributed by atoms with E-state index >= 15 is 0 Å². The van der Waals surface area contributed by atoms with Crippen molar-refractivity contribution in [3.63, 3.8) is 0 Å². The Balaban J connectivity index is 1.95. The van der Waals surface area contributed by atoms with Crippen LogP contribution in [-0.2, 0) is 14.3 Å². The Bertz CT molecular complexity index is 917. The largest absolute Gasteiger partial charge is 0.361 e. The van der Waals surface area contributed by atoms with Gasteiger partial charge in [-0.15, -0.1) is 0 Å². The van der Waals surface area contributed by atoms with Gasteiger partial charge >= 0.3 is 0 Å². The maximum Gasteiger partial charge on any atom is 0.261 e. The predicted octanol–water partition coefficient (Wildman–Crippen LogP) is 2.91. The molecule has 0 spiro atoms. The predicted molar refractivity (Wildman–Crippen MR) is 97.1 cm³/mol. The Labute approximate surface area is 146 Å². The summed E-state index contributed by atoms with van der Waals surface area (Å²) in [6.45, 7) is 2.58. The van der Waals surface area contributed by atoms with E-state index in [1.807, 2.05) is 55.5 Å². The summed E-state index contributed by atoms with van der Waals surface area (Å²) in [5, 5.41) is 0. The van der Waals surface area contributed by atoms with E-state index in [9.17, 15) is 9.59 Å². The summed E-state index contributed by atoms with van der Waals surface area (Å²) >= 11 is 0. The van der Waals surface area contributed by atoms with Crippen LogP contribution in [0, 0.1) is 0 Å². The highest BCUT2D eigenvalue weighted by Gasteiger charge is 2.40. The molecule has 0 N–H and O–H groups in total. The van der Waals surface area contributed by atoms with E-state index in [1.165, 1.54) is 0 Å². The summed E-state index contributed by atoms with van der Waals surface area (Å²) in [6, 6.07) is 15.1. The number of anilines is 2. The maximum atomic E-state index is 13.1. The third kappa shape index (κ3) is 2.20. The zero-order valence-corrected chi connectivity index (χ0v) is 14.2. The van der Waals surface area contributed by atoms with E-state index in [-0.39, 0.29) is 18.5 Å². The second kappa shape index (κ2) is 5.86. The van der Waals surface area contributed by atoms with Crippen molar-refractivity contribution in [3.05, 3.63) is 59.7 Å². The number of carbonyl (C=O) groups is 2. The second-order valence-corrected chi connectivity index (χ2v) is 6.00.